The summed E-state index contributed by atoms with van der Waals surface area (Å²) < 4.78 is 1.85. The maximum atomic E-state index is 5.56. The van der Waals surface area contributed by atoms with Crippen LogP contribution in [0.4, 0.5) is 5.82 Å². The first-order valence-corrected chi connectivity index (χ1v) is 6.87. The second-order valence-electron chi connectivity index (χ2n) is 3.99. The van der Waals surface area contributed by atoms with E-state index < -0.39 is 0 Å². The van der Waals surface area contributed by atoms with Crippen LogP contribution in [0.15, 0.2) is 29.9 Å². The number of nitrogen functional groups attached to an aromatic ring is 1. The van der Waals surface area contributed by atoms with Crippen LogP contribution in [0.25, 0.3) is 11.2 Å². The van der Waals surface area contributed by atoms with E-state index in [1.807, 2.05) is 10.9 Å². The van der Waals surface area contributed by atoms with Crippen LogP contribution in [0.2, 0.25) is 0 Å². The van der Waals surface area contributed by atoms with Gasteiger partial charge >= 0.3 is 0 Å². The zero-order valence-corrected chi connectivity index (χ0v) is 11.0. The minimum atomic E-state index is 0.558. The van der Waals surface area contributed by atoms with Gasteiger partial charge in [0.2, 0.25) is 0 Å². The Hall–Kier alpha value is -2.09. The Morgan fingerprint density at radius 1 is 1.32 bits per heavy atom. The van der Waals surface area contributed by atoms with Crippen LogP contribution >= 0.6 is 11.8 Å². The number of aromatic nitrogens is 6. The van der Waals surface area contributed by atoms with Crippen molar-refractivity contribution in [2.45, 2.75) is 18.0 Å². The SMILES string of the molecule is Nc1ccn(CCCSc2ncnc3nc[nH]c23)n1. The fourth-order valence-corrected chi connectivity index (χ4v) is 2.63. The molecule has 0 aliphatic rings. The highest BCUT2D eigenvalue weighted by Crippen LogP contribution is 2.22. The summed E-state index contributed by atoms with van der Waals surface area (Å²) in [5, 5.41) is 5.07. The summed E-state index contributed by atoms with van der Waals surface area (Å²) in [7, 11) is 0. The third kappa shape index (κ3) is 2.68. The summed E-state index contributed by atoms with van der Waals surface area (Å²) in [6.45, 7) is 0.849. The van der Waals surface area contributed by atoms with Crippen LogP contribution in [0.1, 0.15) is 6.42 Å². The average Bonchev–Trinajstić information content (AvgIpc) is 3.03. The number of H-pyrrole nitrogens is 1. The topological polar surface area (TPSA) is 98.3 Å². The van der Waals surface area contributed by atoms with Gasteiger partial charge in [-0.05, 0) is 12.5 Å². The molecule has 3 heterocycles. The van der Waals surface area contributed by atoms with Gasteiger partial charge < -0.3 is 10.7 Å². The molecule has 0 atom stereocenters. The van der Waals surface area contributed by atoms with Crippen LogP contribution in [0, 0.1) is 0 Å². The van der Waals surface area contributed by atoms with Gasteiger partial charge in [-0.15, -0.1) is 11.8 Å². The molecule has 0 saturated carbocycles. The molecule has 0 aromatic carbocycles. The van der Waals surface area contributed by atoms with Crippen LogP contribution in [-0.4, -0.2) is 35.5 Å². The summed E-state index contributed by atoms with van der Waals surface area (Å²) in [4.78, 5) is 15.5. The first-order valence-electron chi connectivity index (χ1n) is 5.89. The highest BCUT2D eigenvalue weighted by atomic mass is 32.2. The molecule has 0 bridgehead atoms. The maximum Gasteiger partial charge on any atom is 0.181 e. The molecule has 8 heteroatoms. The van der Waals surface area contributed by atoms with E-state index in [1.165, 1.54) is 0 Å². The second kappa shape index (κ2) is 5.27. The number of nitrogens with one attached hydrogen (secondary N) is 1. The van der Waals surface area contributed by atoms with Crippen LogP contribution < -0.4 is 5.73 Å². The van der Waals surface area contributed by atoms with Gasteiger partial charge in [0, 0.05) is 18.5 Å². The quantitative estimate of drug-likeness (QED) is 0.414. The zero-order valence-electron chi connectivity index (χ0n) is 10.2. The van der Waals surface area contributed by atoms with E-state index in [1.54, 1.807) is 30.5 Å². The van der Waals surface area contributed by atoms with Gasteiger partial charge in [0.05, 0.1) is 6.33 Å². The lowest BCUT2D eigenvalue weighted by atomic mass is 10.5. The number of aryl methyl sites for hydroxylation is 1. The molecule has 0 spiro atoms. The molecular weight excluding hydrogens is 262 g/mol. The fraction of sp³-hybridized carbons (Fsp3) is 0.273. The van der Waals surface area contributed by atoms with Crippen molar-refractivity contribution in [3.8, 4) is 0 Å². The Bertz CT molecular complexity index is 674. The lowest BCUT2D eigenvalue weighted by Gasteiger charge is -2.02. The number of aromatic amines is 1. The van der Waals surface area contributed by atoms with Crippen LogP contribution in [-0.2, 0) is 6.54 Å². The molecule has 0 aliphatic carbocycles. The Morgan fingerprint density at radius 3 is 3.11 bits per heavy atom. The van der Waals surface area contributed by atoms with Crippen molar-refractivity contribution < 1.29 is 0 Å². The van der Waals surface area contributed by atoms with E-state index in [9.17, 15) is 0 Å². The molecule has 19 heavy (non-hydrogen) atoms. The minimum absolute atomic E-state index is 0.558. The van der Waals surface area contributed by atoms with Gasteiger partial charge in [-0.25, -0.2) is 15.0 Å². The average molecular weight is 275 g/mol. The maximum absolute atomic E-state index is 5.56. The summed E-state index contributed by atoms with van der Waals surface area (Å²) in [6.07, 6.45) is 6.05. The molecule has 3 N–H and O–H groups in total. The summed E-state index contributed by atoms with van der Waals surface area (Å²) in [5.41, 5.74) is 7.16. The Balaban J connectivity index is 1.56. The molecule has 0 amide bonds. The zero-order chi connectivity index (χ0) is 13.1. The Morgan fingerprint density at radius 2 is 2.26 bits per heavy atom. The van der Waals surface area contributed by atoms with Crippen LogP contribution in [0.3, 0.4) is 0 Å². The molecule has 0 radical (unpaired) electrons. The van der Waals surface area contributed by atoms with Gasteiger partial charge in [0.25, 0.3) is 0 Å². The number of hydrogen-bond donors (Lipinski definition) is 2. The molecule has 0 saturated heterocycles. The second-order valence-corrected chi connectivity index (χ2v) is 5.07. The van der Waals surface area contributed by atoms with Gasteiger partial charge in [-0.3, -0.25) is 4.68 Å². The first-order chi connectivity index (χ1) is 9.33. The molecular formula is C11H13N7S. The standard InChI is InChI=1S/C11H13N7S/c12-8-2-4-18(17-8)3-1-5-19-11-9-10(14-6-13-9)15-7-16-11/h2,4,6-7H,1,3,5H2,(H2,12,17)(H,13,14,15,16). The molecule has 3 rings (SSSR count). The predicted octanol–water partition coefficient (Wildman–Crippen LogP) is 1.31. The highest BCUT2D eigenvalue weighted by Gasteiger charge is 2.05. The summed E-state index contributed by atoms with van der Waals surface area (Å²) in [5.74, 6) is 1.51. The van der Waals surface area contributed by atoms with Crippen LogP contribution in [0.5, 0.6) is 0 Å². The molecule has 0 unspecified atom stereocenters. The fourth-order valence-electron chi connectivity index (χ4n) is 1.75. The normalized spacial score (nSPS) is 11.2. The van der Waals surface area contributed by atoms with E-state index in [-0.39, 0.29) is 0 Å². The third-order valence-corrected chi connectivity index (χ3v) is 3.70. The van der Waals surface area contributed by atoms with Crippen molar-refractivity contribution in [3.63, 3.8) is 0 Å². The molecule has 0 fully saturated rings. The van der Waals surface area contributed by atoms with Gasteiger partial charge in [0.1, 0.15) is 22.7 Å². The lowest BCUT2D eigenvalue weighted by Crippen LogP contribution is -2.00. The van der Waals surface area contributed by atoms with E-state index in [0.717, 1.165) is 29.3 Å². The lowest BCUT2D eigenvalue weighted by molar-refractivity contribution is 0.608. The number of imidazole rings is 1. The molecule has 3 aromatic heterocycles. The van der Waals surface area contributed by atoms with Crippen molar-refractivity contribution in [2.75, 3.05) is 11.5 Å². The van der Waals surface area contributed by atoms with E-state index in [2.05, 4.69) is 25.0 Å². The first kappa shape index (κ1) is 12.0. The molecule has 3 aromatic rings. The number of thioether (sulfide) groups is 1. The monoisotopic (exact) mass is 275 g/mol. The van der Waals surface area contributed by atoms with Crippen molar-refractivity contribution in [3.05, 3.63) is 24.9 Å². The van der Waals surface area contributed by atoms with E-state index in [4.69, 9.17) is 5.73 Å². The smallest absolute Gasteiger partial charge is 0.181 e. The summed E-state index contributed by atoms with van der Waals surface area (Å²) >= 11 is 1.69. The van der Waals surface area contributed by atoms with E-state index >= 15 is 0 Å². The minimum Gasteiger partial charge on any atom is -0.382 e. The number of fused-ring (bicyclic) bond motifs is 1. The van der Waals surface area contributed by atoms with Gasteiger partial charge in [-0.2, -0.15) is 5.10 Å². The predicted molar refractivity (Wildman–Crippen MR) is 73.7 cm³/mol. The Kier molecular flexibility index (Phi) is 3.32. The largest absolute Gasteiger partial charge is 0.382 e. The van der Waals surface area contributed by atoms with Gasteiger partial charge in [-0.1, -0.05) is 0 Å². The van der Waals surface area contributed by atoms with Crippen molar-refractivity contribution in [2.24, 2.45) is 0 Å². The molecule has 98 valence electrons. The summed E-state index contributed by atoms with van der Waals surface area (Å²) in [6, 6.07) is 1.80. The van der Waals surface area contributed by atoms with Crippen molar-refractivity contribution in [1.82, 2.24) is 29.7 Å². The number of nitrogens with zero attached hydrogens (tertiary/aromatic N) is 5. The van der Waals surface area contributed by atoms with Crippen molar-refractivity contribution >= 4 is 28.7 Å². The highest BCUT2D eigenvalue weighted by molar-refractivity contribution is 7.99. The molecule has 7 nitrogen and oxygen atoms in total. The van der Waals surface area contributed by atoms with Crippen molar-refractivity contribution in [1.29, 1.82) is 0 Å². The van der Waals surface area contributed by atoms with E-state index in [0.29, 0.717) is 11.5 Å². The number of anilines is 1. The number of hydrogen-bond acceptors (Lipinski definition) is 6. The number of rotatable bonds is 5. The Labute approximate surface area is 113 Å². The number of nitrogens with two attached hydrogens (primary N) is 1. The third-order valence-electron chi connectivity index (χ3n) is 2.62. The van der Waals surface area contributed by atoms with Gasteiger partial charge in [0.15, 0.2) is 5.65 Å². The molecule has 0 aliphatic heterocycles.